The highest BCUT2D eigenvalue weighted by atomic mass is 19.4. The summed E-state index contributed by atoms with van der Waals surface area (Å²) in [6.07, 6.45) is -1.96. The van der Waals surface area contributed by atoms with Gasteiger partial charge in [-0.15, -0.1) is 0 Å². The van der Waals surface area contributed by atoms with Gasteiger partial charge in [-0.2, -0.15) is 13.2 Å². The number of carbonyl (C=O) groups is 2. The van der Waals surface area contributed by atoms with Crippen molar-refractivity contribution in [2.75, 3.05) is 26.0 Å². The van der Waals surface area contributed by atoms with Crippen molar-refractivity contribution in [2.24, 2.45) is 10.7 Å². The number of pyridine rings is 1. The average molecular weight is 626 g/mol. The molecule has 1 fully saturated rings. The van der Waals surface area contributed by atoms with E-state index in [9.17, 15) is 27.9 Å². The average Bonchev–Trinajstić information content (AvgIpc) is 3.74. The van der Waals surface area contributed by atoms with Crippen LogP contribution >= 0.6 is 0 Å². The molecule has 1 aromatic heterocycles. The Bertz CT molecular complexity index is 1700. The first-order valence-corrected chi connectivity index (χ1v) is 14.2. The van der Waals surface area contributed by atoms with Crippen molar-refractivity contribution in [3.63, 3.8) is 0 Å². The second-order valence-corrected chi connectivity index (χ2v) is 11.8. The number of nitrogens with two attached hydrogens (primary N) is 2. The topological polar surface area (TPSA) is 162 Å². The lowest BCUT2D eigenvalue weighted by Gasteiger charge is -2.31. The van der Waals surface area contributed by atoms with Gasteiger partial charge >= 0.3 is 6.18 Å². The van der Waals surface area contributed by atoms with Gasteiger partial charge < -0.3 is 31.4 Å². The Morgan fingerprint density at radius 1 is 1.18 bits per heavy atom. The maximum atomic E-state index is 14.8. The first kappa shape index (κ1) is 31.8. The van der Waals surface area contributed by atoms with Crippen molar-refractivity contribution in [3.05, 3.63) is 69.9 Å². The van der Waals surface area contributed by atoms with Crippen LogP contribution in [0, 0.1) is 13.8 Å². The third-order valence-electron chi connectivity index (χ3n) is 8.14. The number of carbonyl (C=O) groups excluding carboxylic acids is 2. The van der Waals surface area contributed by atoms with Crippen LogP contribution in [0.1, 0.15) is 58.1 Å². The number of ether oxygens (including phenoxy) is 2. The largest absolute Gasteiger partial charge is 0.495 e. The van der Waals surface area contributed by atoms with E-state index in [1.165, 1.54) is 32.4 Å². The molecular formula is C32H34F3N5O5. The number of primary amides is 1. The van der Waals surface area contributed by atoms with Crippen LogP contribution in [-0.2, 0) is 15.8 Å². The van der Waals surface area contributed by atoms with Gasteiger partial charge in [-0.1, -0.05) is 17.2 Å². The number of nitrogen functional groups attached to an aromatic ring is 1. The minimum atomic E-state index is -5.31. The number of benzene rings is 2. The Hall–Kier alpha value is -4.65. The van der Waals surface area contributed by atoms with E-state index in [-0.39, 0.29) is 46.7 Å². The molecule has 1 aliphatic carbocycles. The summed E-state index contributed by atoms with van der Waals surface area (Å²) < 4.78 is 55.5. The highest BCUT2D eigenvalue weighted by Crippen LogP contribution is 2.48. The Balaban J connectivity index is 1.57. The van der Waals surface area contributed by atoms with Crippen LogP contribution in [0.4, 0.5) is 18.9 Å². The van der Waals surface area contributed by atoms with Gasteiger partial charge in [0, 0.05) is 28.5 Å². The highest BCUT2D eigenvalue weighted by Gasteiger charge is 2.57. The van der Waals surface area contributed by atoms with Crippen molar-refractivity contribution < 1.29 is 37.3 Å². The number of nitrogens with one attached hydrogen (secondary N) is 1. The van der Waals surface area contributed by atoms with Gasteiger partial charge in [-0.25, -0.2) is 4.98 Å². The minimum Gasteiger partial charge on any atom is -0.495 e. The quantitative estimate of drug-likeness (QED) is 0.207. The van der Waals surface area contributed by atoms with E-state index in [4.69, 9.17) is 20.9 Å². The lowest BCUT2D eigenvalue weighted by atomic mass is 9.81. The maximum Gasteiger partial charge on any atom is 0.424 e. The fourth-order valence-electron chi connectivity index (χ4n) is 5.22. The zero-order valence-corrected chi connectivity index (χ0v) is 25.2. The second-order valence-electron chi connectivity index (χ2n) is 11.8. The van der Waals surface area contributed by atoms with Gasteiger partial charge in [-0.3, -0.25) is 14.6 Å². The molecule has 5 rings (SSSR count). The zero-order chi connectivity index (χ0) is 32.9. The number of fused-ring (bicyclic) bond motifs is 1. The van der Waals surface area contributed by atoms with Crippen LogP contribution in [0.2, 0.25) is 0 Å². The number of alkyl halides is 3. The first-order chi connectivity index (χ1) is 21.1. The van der Waals surface area contributed by atoms with Crippen molar-refractivity contribution in [1.82, 2.24) is 10.3 Å². The molecule has 0 bridgehead atoms. The molecule has 1 aliphatic heterocycles. The van der Waals surface area contributed by atoms with Crippen molar-refractivity contribution in [2.45, 2.75) is 56.8 Å². The SMILES string of the molecule is COc1cc(C(=O)NCC(O)(c2cc3c(c(-c4cc(C)cc(C)c4)n2)OC[C@]3(C)C(N)=O)C(F)(F)F)cc(C=NC2CC2)c1N. The zero-order valence-electron chi connectivity index (χ0n) is 25.2. The van der Waals surface area contributed by atoms with Gasteiger partial charge in [-0.05, 0) is 63.9 Å². The summed E-state index contributed by atoms with van der Waals surface area (Å²) in [7, 11) is 1.34. The third-order valence-corrected chi connectivity index (χ3v) is 8.14. The molecule has 2 aromatic carbocycles. The van der Waals surface area contributed by atoms with Gasteiger partial charge in [0.15, 0.2) is 0 Å². The first-order valence-electron chi connectivity index (χ1n) is 14.2. The van der Waals surface area contributed by atoms with E-state index in [0.717, 1.165) is 30.0 Å². The molecule has 6 N–H and O–H groups in total. The van der Waals surface area contributed by atoms with Crippen LogP contribution in [0.3, 0.4) is 0 Å². The third kappa shape index (κ3) is 5.91. The molecule has 0 spiro atoms. The molecule has 45 heavy (non-hydrogen) atoms. The number of hydrogen-bond donors (Lipinski definition) is 4. The van der Waals surface area contributed by atoms with Crippen LogP contribution in [0.15, 0.2) is 41.4 Å². The summed E-state index contributed by atoms with van der Waals surface area (Å²) in [6.45, 7) is 3.54. The Morgan fingerprint density at radius 2 is 1.84 bits per heavy atom. The van der Waals surface area contributed by atoms with Gasteiger partial charge in [0.25, 0.3) is 5.91 Å². The summed E-state index contributed by atoms with van der Waals surface area (Å²) in [4.78, 5) is 34.4. The van der Waals surface area contributed by atoms with Gasteiger partial charge in [0.05, 0.1) is 31.1 Å². The monoisotopic (exact) mass is 625 g/mol. The Kier molecular flexibility index (Phi) is 8.02. The fourth-order valence-corrected chi connectivity index (χ4v) is 5.22. The number of aliphatic imine (C=N–C) groups is 1. The summed E-state index contributed by atoms with van der Waals surface area (Å²) in [5, 5.41) is 13.6. The Labute approximate surface area is 257 Å². The lowest BCUT2D eigenvalue weighted by molar-refractivity contribution is -0.265. The molecule has 0 radical (unpaired) electrons. The maximum absolute atomic E-state index is 14.8. The number of methoxy groups -OCH3 is 1. The molecule has 1 saturated carbocycles. The summed E-state index contributed by atoms with van der Waals surface area (Å²) in [5.41, 5.74) is 8.36. The van der Waals surface area contributed by atoms with Crippen LogP contribution in [0.5, 0.6) is 11.5 Å². The number of halogens is 3. The van der Waals surface area contributed by atoms with E-state index in [2.05, 4.69) is 15.3 Å². The van der Waals surface area contributed by atoms with E-state index >= 15 is 0 Å². The highest BCUT2D eigenvalue weighted by molar-refractivity contribution is 5.99. The number of aliphatic hydroxyl groups is 1. The molecule has 2 atom stereocenters. The van der Waals surface area contributed by atoms with E-state index in [0.29, 0.717) is 11.1 Å². The normalized spacial score (nSPS) is 19.1. The molecule has 1 unspecified atom stereocenters. The fraction of sp³-hybridized carbons (Fsp3) is 0.375. The summed E-state index contributed by atoms with van der Waals surface area (Å²) in [5.74, 6) is -1.53. The lowest BCUT2D eigenvalue weighted by Crippen LogP contribution is -2.51. The molecule has 238 valence electrons. The Morgan fingerprint density at radius 3 is 2.42 bits per heavy atom. The molecule has 13 heteroatoms. The molecule has 2 heterocycles. The van der Waals surface area contributed by atoms with Crippen LogP contribution < -0.4 is 26.3 Å². The van der Waals surface area contributed by atoms with Crippen LogP contribution in [0.25, 0.3) is 11.3 Å². The molecule has 2 aliphatic rings. The standard InChI is InChI=1S/C32H34F3N5O5/c1-16-7-17(2)9-18(8-16)26-27-22(30(3,15-45-27)29(37)42)12-24(40-26)31(43,32(33,34)35)14-39-28(41)19-10-20(13-38-21-5-6-21)25(36)23(11-19)44-4/h7-13,21,43H,5-6,14-15,36H2,1-4H3,(H2,37,42)(H,39,41)/t30-,31?/m0/s1. The number of anilines is 1. The van der Waals surface area contributed by atoms with E-state index in [1.54, 1.807) is 12.1 Å². The summed E-state index contributed by atoms with van der Waals surface area (Å²) in [6, 6.07) is 9.08. The van der Waals surface area contributed by atoms with Gasteiger partial charge in [0.1, 0.15) is 29.2 Å². The van der Waals surface area contributed by atoms with Gasteiger partial charge in [0.2, 0.25) is 11.5 Å². The molecule has 3 aromatic rings. The molecule has 10 nitrogen and oxygen atoms in total. The molecule has 2 amide bonds. The number of amides is 2. The molecule has 0 saturated heterocycles. The minimum absolute atomic E-state index is 0.00357. The summed E-state index contributed by atoms with van der Waals surface area (Å²) >= 11 is 0. The van der Waals surface area contributed by atoms with E-state index < -0.39 is 41.2 Å². The number of hydrogen-bond acceptors (Lipinski definition) is 8. The van der Waals surface area contributed by atoms with Crippen LogP contribution in [-0.4, -0.2) is 60.6 Å². The van der Waals surface area contributed by atoms with Crippen molar-refractivity contribution in [3.8, 4) is 22.8 Å². The van der Waals surface area contributed by atoms with E-state index in [1.807, 2.05) is 19.9 Å². The number of nitrogens with zero attached hydrogens (tertiary/aromatic N) is 2. The van der Waals surface area contributed by atoms with Crippen molar-refractivity contribution in [1.29, 1.82) is 0 Å². The molecular weight excluding hydrogens is 591 g/mol. The van der Waals surface area contributed by atoms with Crippen molar-refractivity contribution >= 4 is 23.7 Å². The number of aryl methyl sites for hydroxylation is 2. The number of rotatable bonds is 9. The smallest absolute Gasteiger partial charge is 0.424 e. The predicted octanol–water partition coefficient (Wildman–Crippen LogP) is 3.85. The predicted molar refractivity (Wildman–Crippen MR) is 161 cm³/mol. The second kappa shape index (κ2) is 11.4. The number of aromatic nitrogens is 1.